The number of carbonyl (C=O) groups is 1. The van der Waals surface area contributed by atoms with Crippen molar-refractivity contribution in [3.8, 4) is 0 Å². The van der Waals surface area contributed by atoms with Crippen LogP contribution in [0.4, 0.5) is 8.78 Å². The van der Waals surface area contributed by atoms with E-state index in [1.54, 1.807) is 37.9 Å². The van der Waals surface area contributed by atoms with Gasteiger partial charge >= 0.3 is 0 Å². The van der Waals surface area contributed by atoms with E-state index in [2.05, 4.69) is 4.98 Å². The van der Waals surface area contributed by atoms with Gasteiger partial charge in [0.1, 0.15) is 5.65 Å². The summed E-state index contributed by atoms with van der Waals surface area (Å²) in [7, 11) is 1.65. The SMILES string of the molecule is CC(c1ccc(F)c(F)c1)N(C)C(=O)c1ccc(SCc2cn3ccccc3n2)cc1. The third-order valence-corrected chi connectivity index (χ3v) is 6.27. The predicted molar refractivity (Wildman–Crippen MR) is 118 cm³/mol. The Kier molecular flexibility index (Phi) is 6.04. The molecule has 0 saturated heterocycles. The number of aromatic nitrogens is 2. The zero-order chi connectivity index (χ0) is 22.0. The highest BCUT2D eigenvalue weighted by molar-refractivity contribution is 7.98. The first-order valence-electron chi connectivity index (χ1n) is 9.80. The van der Waals surface area contributed by atoms with Crippen LogP contribution in [-0.2, 0) is 5.75 Å². The fraction of sp³-hybridized carbons (Fsp3) is 0.167. The van der Waals surface area contributed by atoms with Crippen LogP contribution in [0.1, 0.15) is 34.6 Å². The summed E-state index contributed by atoms with van der Waals surface area (Å²) >= 11 is 1.65. The maximum absolute atomic E-state index is 13.5. The maximum atomic E-state index is 13.5. The van der Waals surface area contributed by atoms with E-state index in [-0.39, 0.29) is 5.91 Å². The van der Waals surface area contributed by atoms with Crippen LogP contribution in [0.5, 0.6) is 0 Å². The Bertz CT molecular complexity index is 1190. The lowest BCUT2D eigenvalue weighted by molar-refractivity contribution is 0.0742. The minimum absolute atomic E-state index is 0.186. The molecule has 1 atom stereocenters. The van der Waals surface area contributed by atoms with E-state index in [1.807, 2.05) is 47.1 Å². The summed E-state index contributed by atoms with van der Waals surface area (Å²) in [5, 5.41) is 0. The van der Waals surface area contributed by atoms with Crippen LogP contribution >= 0.6 is 11.8 Å². The molecule has 31 heavy (non-hydrogen) atoms. The van der Waals surface area contributed by atoms with Crippen molar-refractivity contribution in [1.29, 1.82) is 0 Å². The summed E-state index contributed by atoms with van der Waals surface area (Å²) in [6.45, 7) is 1.78. The van der Waals surface area contributed by atoms with Gasteiger partial charge in [0.05, 0.1) is 11.7 Å². The van der Waals surface area contributed by atoms with Crippen molar-refractivity contribution in [1.82, 2.24) is 14.3 Å². The van der Waals surface area contributed by atoms with Crippen molar-refractivity contribution in [3.05, 3.63) is 102 Å². The molecule has 0 aliphatic rings. The highest BCUT2D eigenvalue weighted by atomic mass is 32.2. The van der Waals surface area contributed by atoms with Crippen molar-refractivity contribution >= 4 is 23.3 Å². The van der Waals surface area contributed by atoms with Gasteiger partial charge in [0.25, 0.3) is 5.91 Å². The van der Waals surface area contributed by atoms with Crippen LogP contribution in [0.3, 0.4) is 0 Å². The summed E-state index contributed by atoms with van der Waals surface area (Å²) in [6, 6.07) is 16.6. The first-order chi connectivity index (χ1) is 14.9. The zero-order valence-corrected chi connectivity index (χ0v) is 17.9. The molecule has 7 heteroatoms. The fourth-order valence-corrected chi connectivity index (χ4v) is 4.07. The molecule has 2 aromatic heterocycles. The number of fused-ring (bicyclic) bond motifs is 1. The fourth-order valence-electron chi connectivity index (χ4n) is 3.28. The third kappa shape index (κ3) is 4.61. The van der Waals surface area contributed by atoms with E-state index in [1.165, 1.54) is 11.0 Å². The molecule has 0 spiro atoms. The molecule has 2 heterocycles. The lowest BCUT2D eigenvalue weighted by Crippen LogP contribution is -2.29. The number of hydrogen-bond donors (Lipinski definition) is 0. The first-order valence-corrected chi connectivity index (χ1v) is 10.8. The molecule has 0 bridgehead atoms. The van der Waals surface area contributed by atoms with Gasteiger partial charge in [-0.2, -0.15) is 0 Å². The number of rotatable bonds is 6. The Morgan fingerprint density at radius 1 is 1.10 bits per heavy atom. The molecule has 1 unspecified atom stereocenters. The number of halogens is 2. The molecule has 0 aliphatic carbocycles. The number of amides is 1. The van der Waals surface area contributed by atoms with Crippen LogP contribution in [0, 0.1) is 11.6 Å². The van der Waals surface area contributed by atoms with E-state index in [0.717, 1.165) is 34.1 Å². The van der Waals surface area contributed by atoms with Crippen molar-refractivity contribution in [2.45, 2.75) is 23.6 Å². The molecule has 0 fully saturated rings. The summed E-state index contributed by atoms with van der Waals surface area (Å²) in [4.78, 5) is 20.0. The topological polar surface area (TPSA) is 37.6 Å². The molecule has 0 radical (unpaired) electrons. The number of thioether (sulfide) groups is 1. The molecule has 0 N–H and O–H groups in total. The zero-order valence-electron chi connectivity index (χ0n) is 17.1. The lowest BCUT2D eigenvalue weighted by atomic mass is 10.1. The average molecular weight is 438 g/mol. The average Bonchev–Trinajstić information content (AvgIpc) is 3.21. The van der Waals surface area contributed by atoms with E-state index in [4.69, 9.17) is 0 Å². The summed E-state index contributed by atoms with van der Waals surface area (Å²) in [5.41, 5.74) is 2.97. The molecule has 2 aromatic carbocycles. The summed E-state index contributed by atoms with van der Waals surface area (Å²) < 4.78 is 28.7. The minimum atomic E-state index is -0.919. The molecule has 4 aromatic rings. The van der Waals surface area contributed by atoms with Gasteiger partial charge in [-0.05, 0) is 61.0 Å². The number of benzene rings is 2. The number of pyridine rings is 1. The summed E-state index contributed by atoms with van der Waals surface area (Å²) in [5.74, 6) is -1.28. The Balaban J connectivity index is 1.40. The Morgan fingerprint density at radius 2 is 1.87 bits per heavy atom. The predicted octanol–water partition coefficient (Wildman–Crippen LogP) is 5.74. The van der Waals surface area contributed by atoms with Gasteiger partial charge in [0, 0.05) is 35.7 Å². The van der Waals surface area contributed by atoms with Gasteiger partial charge in [-0.25, -0.2) is 13.8 Å². The van der Waals surface area contributed by atoms with Gasteiger partial charge in [0.2, 0.25) is 0 Å². The Labute approximate surface area is 183 Å². The van der Waals surface area contributed by atoms with Gasteiger partial charge < -0.3 is 9.30 Å². The highest BCUT2D eigenvalue weighted by Crippen LogP contribution is 2.25. The second-order valence-corrected chi connectivity index (χ2v) is 8.33. The smallest absolute Gasteiger partial charge is 0.254 e. The molecule has 158 valence electrons. The van der Waals surface area contributed by atoms with Crippen molar-refractivity contribution in [3.63, 3.8) is 0 Å². The first kappa shape index (κ1) is 21.1. The van der Waals surface area contributed by atoms with Crippen LogP contribution in [0.25, 0.3) is 5.65 Å². The molecule has 0 aliphatic heterocycles. The van der Waals surface area contributed by atoms with Crippen LogP contribution in [0.15, 0.2) is 78.0 Å². The molecule has 1 amide bonds. The van der Waals surface area contributed by atoms with Crippen molar-refractivity contribution in [2.24, 2.45) is 0 Å². The maximum Gasteiger partial charge on any atom is 0.254 e. The van der Waals surface area contributed by atoms with E-state index in [0.29, 0.717) is 11.1 Å². The molecular weight excluding hydrogens is 416 g/mol. The number of nitrogens with zero attached hydrogens (tertiary/aromatic N) is 3. The molecular formula is C24H21F2N3OS. The second-order valence-electron chi connectivity index (χ2n) is 7.28. The highest BCUT2D eigenvalue weighted by Gasteiger charge is 2.20. The summed E-state index contributed by atoms with van der Waals surface area (Å²) in [6.07, 6.45) is 3.98. The van der Waals surface area contributed by atoms with Gasteiger partial charge in [-0.15, -0.1) is 11.8 Å². The van der Waals surface area contributed by atoms with Crippen molar-refractivity contribution in [2.75, 3.05) is 7.05 Å². The van der Waals surface area contributed by atoms with E-state index in [9.17, 15) is 13.6 Å². The third-order valence-electron chi connectivity index (χ3n) is 5.23. The Morgan fingerprint density at radius 3 is 2.58 bits per heavy atom. The Hall–Kier alpha value is -3.19. The minimum Gasteiger partial charge on any atom is -0.335 e. The van der Waals surface area contributed by atoms with Crippen molar-refractivity contribution < 1.29 is 13.6 Å². The number of imidazole rings is 1. The van der Waals surface area contributed by atoms with Gasteiger partial charge in [-0.1, -0.05) is 12.1 Å². The number of hydrogen-bond acceptors (Lipinski definition) is 3. The molecule has 4 nitrogen and oxygen atoms in total. The standard InChI is InChI=1S/C24H21F2N3OS/c1-16(18-8-11-21(25)22(26)13-18)28(2)24(30)17-6-9-20(10-7-17)31-15-19-14-29-12-4-3-5-23(29)27-19/h3-14,16H,15H2,1-2H3. The van der Waals surface area contributed by atoms with Crippen LogP contribution in [-0.4, -0.2) is 27.2 Å². The van der Waals surface area contributed by atoms with E-state index >= 15 is 0 Å². The van der Waals surface area contributed by atoms with Gasteiger partial charge in [-0.3, -0.25) is 4.79 Å². The molecule has 4 rings (SSSR count). The monoisotopic (exact) mass is 437 g/mol. The van der Waals surface area contributed by atoms with Crippen LogP contribution < -0.4 is 0 Å². The van der Waals surface area contributed by atoms with E-state index < -0.39 is 17.7 Å². The normalized spacial score (nSPS) is 12.1. The second kappa shape index (κ2) is 8.89. The number of carbonyl (C=O) groups excluding carboxylic acids is 1. The van der Waals surface area contributed by atoms with Gasteiger partial charge in [0.15, 0.2) is 11.6 Å². The quantitative estimate of drug-likeness (QED) is 0.361. The van der Waals surface area contributed by atoms with Crippen LogP contribution in [0.2, 0.25) is 0 Å². The lowest BCUT2D eigenvalue weighted by Gasteiger charge is -2.25. The molecule has 0 saturated carbocycles. The largest absolute Gasteiger partial charge is 0.335 e.